The summed E-state index contributed by atoms with van der Waals surface area (Å²) in [6.45, 7) is 9.12. The van der Waals surface area contributed by atoms with Crippen LogP contribution in [0.1, 0.15) is 47.5 Å². The van der Waals surface area contributed by atoms with Crippen LogP contribution in [0.25, 0.3) is 0 Å². The van der Waals surface area contributed by atoms with Gasteiger partial charge in [-0.05, 0) is 48.2 Å². The van der Waals surface area contributed by atoms with E-state index in [1.807, 2.05) is 13.8 Å². The van der Waals surface area contributed by atoms with E-state index in [-0.39, 0.29) is 36.6 Å². The van der Waals surface area contributed by atoms with Crippen molar-refractivity contribution in [2.75, 3.05) is 19.8 Å². The summed E-state index contributed by atoms with van der Waals surface area (Å²) in [7, 11) is 0. The largest absolute Gasteiger partial charge is 0.441 e. The Labute approximate surface area is 190 Å². The van der Waals surface area contributed by atoms with Gasteiger partial charge in [-0.1, -0.05) is 20.8 Å². The van der Waals surface area contributed by atoms with Gasteiger partial charge in [-0.15, -0.1) is 0 Å². The minimum atomic E-state index is -1.81. The molecule has 176 valence electrons. The summed E-state index contributed by atoms with van der Waals surface area (Å²) in [4.78, 5) is 39.4. The molecule has 9 nitrogen and oxygen atoms in total. The van der Waals surface area contributed by atoms with Gasteiger partial charge in [-0.2, -0.15) is 0 Å². The van der Waals surface area contributed by atoms with E-state index in [4.69, 9.17) is 19.3 Å². The van der Waals surface area contributed by atoms with Crippen molar-refractivity contribution in [3.05, 3.63) is 10.6 Å². The Kier molecular flexibility index (Phi) is 8.43. The van der Waals surface area contributed by atoms with Crippen LogP contribution in [-0.4, -0.2) is 76.3 Å². The third-order valence-electron chi connectivity index (χ3n) is 5.53. The van der Waals surface area contributed by atoms with Crippen LogP contribution in [0.15, 0.2) is 10.6 Å². The second-order valence-electron chi connectivity index (χ2n) is 8.81. The van der Waals surface area contributed by atoms with Crippen LogP contribution in [0.5, 0.6) is 0 Å². The van der Waals surface area contributed by atoms with Gasteiger partial charge in [0.05, 0.1) is 29.7 Å². The van der Waals surface area contributed by atoms with Crippen LogP contribution >= 0.6 is 15.9 Å². The van der Waals surface area contributed by atoms with E-state index in [9.17, 15) is 19.5 Å². The number of rotatable bonds is 9. The number of nitrogens with zero attached hydrogens (tertiary/aromatic N) is 1. The number of hydrogen-bond donors (Lipinski definition) is 2. The molecule has 2 aliphatic rings. The number of amides is 2. The van der Waals surface area contributed by atoms with Crippen molar-refractivity contribution in [1.29, 1.82) is 0 Å². The number of cyclic esters (lactones) is 1. The third kappa shape index (κ3) is 5.54. The average Bonchev–Trinajstić information content (AvgIpc) is 2.92. The zero-order chi connectivity index (χ0) is 23.6. The topological polar surface area (TPSA) is 123 Å². The molecule has 2 N–H and O–H groups in total. The van der Waals surface area contributed by atoms with Crippen LogP contribution < -0.4 is 0 Å². The highest BCUT2D eigenvalue weighted by Crippen LogP contribution is 2.39. The molecular formula is C21H32BrNO8. The molecule has 2 amide bonds. The predicted octanol–water partition coefficient (Wildman–Crippen LogP) is 2.13. The molecule has 1 fully saturated rings. The molecule has 0 unspecified atom stereocenters. The Morgan fingerprint density at radius 1 is 1.29 bits per heavy atom. The van der Waals surface area contributed by atoms with E-state index < -0.39 is 47.2 Å². The van der Waals surface area contributed by atoms with Gasteiger partial charge >= 0.3 is 6.09 Å². The van der Waals surface area contributed by atoms with Gasteiger partial charge in [0.2, 0.25) is 5.91 Å². The number of aliphatic hydroxyl groups is 2. The van der Waals surface area contributed by atoms with E-state index in [0.717, 1.165) is 4.90 Å². The van der Waals surface area contributed by atoms with Gasteiger partial charge in [0.1, 0.15) is 11.7 Å². The lowest BCUT2D eigenvalue weighted by molar-refractivity contribution is -0.217. The Morgan fingerprint density at radius 2 is 1.94 bits per heavy atom. The fourth-order valence-electron chi connectivity index (χ4n) is 4.19. The molecule has 1 saturated heterocycles. The molecule has 0 saturated carbocycles. The van der Waals surface area contributed by atoms with Gasteiger partial charge in [0, 0.05) is 13.0 Å². The molecule has 0 aliphatic carbocycles. The molecule has 0 bridgehead atoms. The van der Waals surface area contributed by atoms with Crippen LogP contribution in [-0.2, 0) is 23.8 Å². The molecule has 10 heteroatoms. The van der Waals surface area contributed by atoms with Gasteiger partial charge < -0.3 is 24.4 Å². The maximum atomic E-state index is 13.3. The number of ether oxygens (including phenoxy) is 3. The molecule has 2 heterocycles. The van der Waals surface area contributed by atoms with Crippen LogP contribution in [0.3, 0.4) is 0 Å². The molecule has 0 spiro atoms. The Bertz CT molecular complexity index is 737. The van der Waals surface area contributed by atoms with E-state index in [1.54, 1.807) is 13.8 Å². The summed E-state index contributed by atoms with van der Waals surface area (Å²) in [5, 5.41) is 19.7. The second kappa shape index (κ2) is 10.1. The number of carbonyl (C=O) groups excluding carboxylic acids is 3. The Morgan fingerprint density at radius 3 is 2.52 bits per heavy atom. The zero-order valence-electron chi connectivity index (χ0n) is 18.6. The lowest BCUT2D eigenvalue weighted by Crippen LogP contribution is -2.54. The highest BCUT2D eigenvalue weighted by Gasteiger charge is 2.54. The first-order valence-corrected chi connectivity index (χ1v) is 11.2. The fourth-order valence-corrected chi connectivity index (χ4v) is 4.70. The summed E-state index contributed by atoms with van der Waals surface area (Å²) in [6, 6.07) is -0.501. The van der Waals surface area contributed by atoms with E-state index in [1.165, 1.54) is 13.0 Å². The number of carbonyl (C=O) groups is 3. The van der Waals surface area contributed by atoms with Gasteiger partial charge in [-0.25, -0.2) is 9.69 Å². The average molecular weight is 506 g/mol. The Balaban J connectivity index is 2.18. The maximum Gasteiger partial charge on any atom is 0.417 e. The monoisotopic (exact) mass is 505 g/mol. The molecule has 4 atom stereocenters. The number of halogens is 1. The molecule has 0 aromatic heterocycles. The first kappa shape index (κ1) is 25.9. The summed E-state index contributed by atoms with van der Waals surface area (Å²) in [6.07, 6.45) is -0.310. The van der Waals surface area contributed by atoms with E-state index >= 15 is 0 Å². The lowest BCUT2D eigenvalue weighted by Gasteiger charge is -2.38. The quantitative estimate of drug-likeness (QED) is 0.456. The minimum absolute atomic E-state index is 0.0644. The second-order valence-corrected chi connectivity index (χ2v) is 9.67. The zero-order valence-corrected chi connectivity index (χ0v) is 20.2. The van der Waals surface area contributed by atoms with Gasteiger partial charge in [0.25, 0.3) is 0 Å². The van der Waals surface area contributed by atoms with Crippen molar-refractivity contribution in [2.24, 2.45) is 11.8 Å². The summed E-state index contributed by atoms with van der Waals surface area (Å²) in [5.41, 5.74) is -0.865. The minimum Gasteiger partial charge on any atom is -0.441 e. The Hall–Kier alpha value is -1.33. The SMILES string of the molecule is CC(C)[C@H]1N(C(=O)[C@H](C)[C@H]2O[C@@](O)(CCCOCCO)C(Br)=CC2=O)C(=O)OC1(C)C. The van der Waals surface area contributed by atoms with Crippen molar-refractivity contribution < 1.29 is 38.8 Å². The first-order chi connectivity index (χ1) is 14.4. The smallest absolute Gasteiger partial charge is 0.417 e. The highest BCUT2D eigenvalue weighted by atomic mass is 79.9. The maximum absolute atomic E-state index is 13.3. The predicted molar refractivity (Wildman–Crippen MR) is 114 cm³/mol. The molecule has 0 radical (unpaired) electrons. The van der Waals surface area contributed by atoms with Crippen molar-refractivity contribution in [1.82, 2.24) is 4.90 Å². The molecule has 2 rings (SSSR count). The summed E-state index contributed by atoms with van der Waals surface area (Å²) < 4.78 is 16.5. The number of hydrogen-bond acceptors (Lipinski definition) is 8. The van der Waals surface area contributed by atoms with Crippen LogP contribution in [0.4, 0.5) is 4.79 Å². The highest BCUT2D eigenvalue weighted by molar-refractivity contribution is 9.11. The van der Waals surface area contributed by atoms with E-state index in [0.29, 0.717) is 6.42 Å². The lowest BCUT2D eigenvalue weighted by atomic mass is 9.87. The third-order valence-corrected chi connectivity index (χ3v) is 6.38. The van der Waals surface area contributed by atoms with E-state index in [2.05, 4.69) is 15.9 Å². The molecular weight excluding hydrogens is 474 g/mol. The molecule has 0 aromatic rings. The molecule has 31 heavy (non-hydrogen) atoms. The van der Waals surface area contributed by atoms with Crippen molar-refractivity contribution in [3.8, 4) is 0 Å². The summed E-state index contributed by atoms with van der Waals surface area (Å²) in [5.74, 6) is -3.97. The van der Waals surface area contributed by atoms with Crippen molar-refractivity contribution in [2.45, 2.75) is 71.0 Å². The number of aliphatic hydroxyl groups excluding tert-OH is 1. The number of imide groups is 1. The van der Waals surface area contributed by atoms with Crippen molar-refractivity contribution in [3.63, 3.8) is 0 Å². The molecule has 0 aromatic carbocycles. The van der Waals surface area contributed by atoms with Crippen molar-refractivity contribution >= 4 is 33.7 Å². The van der Waals surface area contributed by atoms with Gasteiger partial charge in [0.15, 0.2) is 11.6 Å². The number of ketones is 1. The first-order valence-electron chi connectivity index (χ1n) is 10.4. The van der Waals surface area contributed by atoms with Crippen LogP contribution in [0, 0.1) is 11.8 Å². The summed E-state index contributed by atoms with van der Waals surface area (Å²) >= 11 is 3.18. The fraction of sp³-hybridized carbons (Fsp3) is 0.762. The van der Waals surface area contributed by atoms with Crippen LogP contribution in [0.2, 0.25) is 0 Å². The molecule has 2 aliphatic heterocycles. The normalized spacial score (nSPS) is 29.2. The van der Waals surface area contributed by atoms with Gasteiger partial charge in [-0.3, -0.25) is 9.59 Å². The standard InChI is InChI=1S/C21H32BrNO8/c1-12(2)17-20(4,5)31-19(27)23(17)18(26)13(3)16-14(25)11-15(22)21(28,30-16)7-6-9-29-10-8-24/h11-13,16-17,24,28H,6-10H2,1-5H3/t13-,16-,17-,21+/m1/s1.